The minimum Gasteiger partial charge on any atom is -0.468 e. The number of hydrogen-bond acceptors (Lipinski definition) is 4. The second-order valence-electron chi connectivity index (χ2n) is 6.70. The predicted molar refractivity (Wildman–Crippen MR) is 95.9 cm³/mol. The Hall–Kier alpha value is -2.11. The van der Waals surface area contributed by atoms with E-state index in [4.69, 9.17) is 4.42 Å². The van der Waals surface area contributed by atoms with E-state index < -0.39 is 5.60 Å². The zero-order chi connectivity index (χ0) is 17.5. The Balaban J connectivity index is 1.47. The summed E-state index contributed by atoms with van der Waals surface area (Å²) in [7, 11) is 0. The number of carbonyl (C=O) groups is 1. The van der Waals surface area contributed by atoms with Crippen LogP contribution in [0.5, 0.6) is 0 Å². The van der Waals surface area contributed by atoms with Crippen LogP contribution in [0.2, 0.25) is 0 Å². The van der Waals surface area contributed by atoms with E-state index in [0.29, 0.717) is 19.5 Å². The van der Waals surface area contributed by atoms with Gasteiger partial charge >= 0.3 is 0 Å². The molecule has 5 nitrogen and oxygen atoms in total. The van der Waals surface area contributed by atoms with Crippen LogP contribution < -0.4 is 5.32 Å². The van der Waals surface area contributed by atoms with Crippen LogP contribution in [0, 0.1) is 0 Å². The molecular formula is C20H26N2O3. The predicted octanol–water partition coefficient (Wildman–Crippen LogP) is 2.36. The Morgan fingerprint density at radius 1 is 1.20 bits per heavy atom. The number of likely N-dealkylation sites (tertiary alicyclic amines) is 1. The van der Waals surface area contributed by atoms with E-state index in [9.17, 15) is 9.90 Å². The highest BCUT2D eigenvalue weighted by atomic mass is 16.3. The van der Waals surface area contributed by atoms with Crippen molar-refractivity contribution in [2.24, 2.45) is 0 Å². The molecule has 1 aliphatic rings. The molecule has 1 amide bonds. The van der Waals surface area contributed by atoms with Gasteiger partial charge in [-0.25, -0.2) is 0 Å². The molecule has 1 fully saturated rings. The molecule has 134 valence electrons. The van der Waals surface area contributed by atoms with Gasteiger partial charge in [0.05, 0.1) is 12.8 Å². The molecule has 25 heavy (non-hydrogen) atoms. The lowest BCUT2D eigenvalue weighted by Gasteiger charge is -2.38. The summed E-state index contributed by atoms with van der Waals surface area (Å²) in [5, 5.41) is 13.9. The summed E-state index contributed by atoms with van der Waals surface area (Å²) in [6, 6.07) is 14.0. The second-order valence-corrected chi connectivity index (χ2v) is 6.70. The van der Waals surface area contributed by atoms with Gasteiger partial charge in [0.2, 0.25) is 0 Å². The molecule has 5 heteroatoms. The van der Waals surface area contributed by atoms with Crippen LogP contribution in [0.3, 0.4) is 0 Å². The summed E-state index contributed by atoms with van der Waals surface area (Å²) in [4.78, 5) is 14.5. The first-order valence-electron chi connectivity index (χ1n) is 8.96. The number of nitrogens with one attached hydrogen (secondary N) is 1. The van der Waals surface area contributed by atoms with E-state index in [-0.39, 0.29) is 12.5 Å². The smallest absolute Gasteiger partial charge is 0.255 e. The zero-order valence-electron chi connectivity index (χ0n) is 14.5. The molecule has 2 N–H and O–H groups in total. The molecule has 1 aromatic heterocycles. The van der Waals surface area contributed by atoms with Gasteiger partial charge in [-0.3, -0.25) is 4.79 Å². The fraction of sp³-hybridized carbons (Fsp3) is 0.450. The Morgan fingerprint density at radius 3 is 2.80 bits per heavy atom. The molecule has 0 spiro atoms. The summed E-state index contributed by atoms with van der Waals surface area (Å²) in [6.45, 7) is 2.18. The van der Waals surface area contributed by atoms with Gasteiger partial charge in [-0.05, 0) is 43.4 Å². The number of amides is 1. The molecule has 1 atom stereocenters. The van der Waals surface area contributed by atoms with Crippen LogP contribution in [0.4, 0.5) is 0 Å². The monoisotopic (exact) mass is 342 g/mol. The Morgan fingerprint density at radius 2 is 2.04 bits per heavy atom. The van der Waals surface area contributed by atoms with Crippen molar-refractivity contribution in [2.75, 3.05) is 19.6 Å². The highest BCUT2D eigenvalue weighted by Crippen LogP contribution is 2.23. The fourth-order valence-corrected chi connectivity index (χ4v) is 3.37. The Bertz CT molecular complexity index is 657. The highest BCUT2D eigenvalue weighted by molar-refractivity contribution is 5.86. The van der Waals surface area contributed by atoms with Crippen molar-refractivity contribution in [3.05, 3.63) is 60.1 Å². The van der Waals surface area contributed by atoms with Gasteiger partial charge in [-0.1, -0.05) is 30.3 Å². The summed E-state index contributed by atoms with van der Waals surface area (Å²) < 4.78 is 5.26. The number of furan rings is 1. The summed E-state index contributed by atoms with van der Waals surface area (Å²) >= 11 is 0. The molecule has 2 heterocycles. The third-order valence-corrected chi connectivity index (χ3v) is 4.74. The number of benzene rings is 1. The summed E-state index contributed by atoms with van der Waals surface area (Å²) in [6.07, 6.45) is 4.81. The van der Waals surface area contributed by atoms with Gasteiger partial charge in [-0.2, -0.15) is 0 Å². The van der Waals surface area contributed by atoms with Crippen molar-refractivity contribution in [3.8, 4) is 0 Å². The molecule has 1 saturated heterocycles. The molecule has 0 aliphatic carbocycles. The van der Waals surface area contributed by atoms with Gasteiger partial charge < -0.3 is 19.7 Å². The average Bonchev–Trinajstić information content (AvgIpc) is 3.13. The molecule has 1 aromatic carbocycles. The molecule has 1 aliphatic heterocycles. The topological polar surface area (TPSA) is 65.7 Å². The number of rotatable bonds is 8. The van der Waals surface area contributed by atoms with E-state index in [1.807, 2.05) is 30.3 Å². The lowest BCUT2D eigenvalue weighted by molar-refractivity contribution is -0.156. The molecular weight excluding hydrogens is 316 g/mol. The molecule has 0 unspecified atom stereocenters. The fourth-order valence-electron chi connectivity index (χ4n) is 3.37. The number of nitrogens with zero attached hydrogens (tertiary/aromatic N) is 1. The molecule has 0 radical (unpaired) electrons. The Kier molecular flexibility index (Phi) is 5.89. The minimum absolute atomic E-state index is 0.154. The van der Waals surface area contributed by atoms with E-state index >= 15 is 0 Å². The van der Waals surface area contributed by atoms with Crippen LogP contribution in [-0.2, 0) is 17.8 Å². The maximum atomic E-state index is 12.7. The van der Waals surface area contributed by atoms with E-state index in [2.05, 4.69) is 17.4 Å². The van der Waals surface area contributed by atoms with Crippen LogP contribution in [0.25, 0.3) is 0 Å². The van der Waals surface area contributed by atoms with Crippen molar-refractivity contribution in [2.45, 2.75) is 37.8 Å². The van der Waals surface area contributed by atoms with Crippen molar-refractivity contribution in [3.63, 3.8) is 0 Å². The van der Waals surface area contributed by atoms with Crippen molar-refractivity contribution >= 4 is 5.91 Å². The van der Waals surface area contributed by atoms with Gasteiger partial charge in [0.25, 0.3) is 5.91 Å². The van der Waals surface area contributed by atoms with Crippen LogP contribution in [0.1, 0.15) is 30.6 Å². The van der Waals surface area contributed by atoms with Crippen LogP contribution >= 0.6 is 0 Å². The maximum Gasteiger partial charge on any atom is 0.255 e. The third kappa shape index (κ3) is 4.71. The first kappa shape index (κ1) is 17.7. The first-order valence-corrected chi connectivity index (χ1v) is 8.96. The second kappa shape index (κ2) is 8.32. The normalized spacial score (nSPS) is 20.8. The summed E-state index contributed by atoms with van der Waals surface area (Å²) in [5.41, 5.74) is -0.0280. The van der Waals surface area contributed by atoms with E-state index in [1.165, 1.54) is 5.56 Å². The molecule has 0 saturated carbocycles. The van der Waals surface area contributed by atoms with Crippen molar-refractivity contribution in [1.82, 2.24) is 10.2 Å². The standard InChI is InChI=1S/C20H26N2O3/c23-19-20(24,16-21-15-18-10-5-14-25-18)11-6-13-22(19)12-4-9-17-7-2-1-3-8-17/h1-3,5,7-8,10,14,21,24H,4,6,9,11-13,15-16H2/t20-/m0/s1. The minimum atomic E-state index is -1.31. The third-order valence-electron chi connectivity index (χ3n) is 4.74. The van der Waals surface area contributed by atoms with E-state index in [0.717, 1.165) is 31.6 Å². The van der Waals surface area contributed by atoms with Crippen molar-refractivity contribution < 1.29 is 14.3 Å². The van der Waals surface area contributed by atoms with Gasteiger partial charge in [0, 0.05) is 19.6 Å². The highest BCUT2D eigenvalue weighted by Gasteiger charge is 2.41. The van der Waals surface area contributed by atoms with Crippen LogP contribution in [-0.4, -0.2) is 41.1 Å². The first-order chi connectivity index (χ1) is 12.2. The lowest BCUT2D eigenvalue weighted by Crippen LogP contribution is -2.58. The van der Waals surface area contributed by atoms with Crippen molar-refractivity contribution in [1.29, 1.82) is 0 Å². The largest absolute Gasteiger partial charge is 0.468 e. The number of piperidine rings is 1. The average molecular weight is 342 g/mol. The molecule has 3 rings (SSSR count). The zero-order valence-corrected chi connectivity index (χ0v) is 14.5. The SMILES string of the molecule is O=C1N(CCCc2ccccc2)CCC[C@]1(O)CNCc1ccco1. The van der Waals surface area contributed by atoms with Gasteiger partial charge in [0.15, 0.2) is 5.60 Å². The van der Waals surface area contributed by atoms with E-state index in [1.54, 1.807) is 11.2 Å². The van der Waals surface area contributed by atoms with Gasteiger partial charge in [0.1, 0.15) is 5.76 Å². The number of carbonyl (C=O) groups excluding carboxylic acids is 1. The summed E-state index contributed by atoms with van der Waals surface area (Å²) in [5.74, 6) is 0.644. The Labute approximate surface area is 148 Å². The maximum absolute atomic E-state index is 12.7. The molecule has 0 bridgehead atoms. The lowest BCUT2D eigenvalue weighted by atomic mass is 9.91. The molecule has 2 aromatic rings. The number of aliphatic hydroxyl groups is 1. The quantitative estimate of drug-likeness (QED) is 0.773. The van der Waals surface area contributed by atoms with Crippen LogP contribution in [0.15, 0.2) is 53.1 Å². The number of aryl methyl sites for hydroxylation is 1. The number of hydrogen-bond donors (Lipinski definition) is 2. The van der Waals surface area contributed by atoms with Gasteiger partial charge in [-0.15, -0.1) is 0 Å².